The van der Waals surface area contributed by atoms with Gasteiger partial charge in [-0.05, 0) is 48.4 Å². The molecule has 2 rings (SSSR count). The van der Waals surface area contributed by atoms with Crippen molar-refractivity contribution >= 4 is 5.78 Å². The van der Waals surface area contributed by atoms with Crippen LogP contribution in [0.5, 0.6) is 0 Å². The molecule has 0 spiro atoms. The first-order chi connectivity index (χ1) is 8.15. The molecule has 0 aromatic heterocycles. The second-order valence-corrected chi connectivity index (χ2v) is 4.84. The van der Waals surface area contributed by atoms with Gasteiger partial charge in [-0.15, -0.1) is 0 Å². The van der Waals surface area contributed by atoms with E-state index >= 15 is 0 Å². The number of Topliss-reactive ketones (excluding diaryl/α,β-unsaturated/α-hetero) is 1. The van der Waals surface area contributed by atoms with Gasteiger partial charge in [0.1, 0.15) is 5.82 Å². The highest BCUT2D eigenvalue weighted by molar-refractivity contribution is 5.96. The molecule has 0 aliphatic heterocycles. The average molecular weight is 232 g/mol. The van der Waals surface area contributed by atoms with Gasteiger partial charge in [0.15, 0.2) is 5.78 Å². The Hall–Kier alpha value is -1.44. The van der Waals surface area contributed by atoms with Crippen LogP contribution in [0.3, 0.4) is 0 Å². The maximum Gasteiger partial charge on any atom is 0.162 e. The van der Waals surface area contributed by atoms with E-state index in [1.807, 2.05) is 0 Å². The van der Waals surface area contributed by atoms with Crippen LogP contribution in [0.25, 0.3) is 0 Å². The summed E-state index contributed by atoms with van der Waals surface area (Å²) in [5.41, 5.74) is 1.68. The Morgan fingerprint density at radius 3 is 2.94 bits per heavy atom. The third-order valence-electron chi connectivity index (χ3n) is 3.28. The fraction of sp³-hybridized carbons (Fsp3) is 0.400. The molecule has 90 valence electrons. The summed E-state index contributed by atoms with van der Waals surface area (Å²) in [6, 6.07) is 6.28. The smallest absolute Gasteiger partial charge is 0.162 e. The lowest BCUT2D eigenvalue weighted by molar-refractivity contribution is -0.115. The Morgan fingerprint density at radius 2 is 2.29 bits per heavy atom. The summed E-state index contributed by atoms with van der Waals surface area (Å²) in [4.78, 5) is 12.0. The molecule has 1 aliphatic carbocycles. The van der Waals surface area contributed by atoms with E-state index in [1.54, 1.807) is 12.1 Å². The van der Waals surface area contributed by atoms with Crippen molar-refractivity contribution in [2.75, 3.05) is 0 Å². The van der Waals surface area contributed by atoms with Gasteiger partial charge in [0.05, 0.1) is 0 Å². The minimum absolute atomic E-state index is 0.141. The quantitative estimate of drug-likeness (QED) is 0.777. The van der Waals surface area contributed by atoms with Crippen LogP contribution in [-0.4, -0.2) is 5.78 Å². The lowest BCUT2D eigenvalue weighted by Crippen LogP contribution is -2.12. The number of carbonyl (C=O) groups excluding carboxylic acids is 1. The van der Waals surface area contributed by atoms with E-state index in [0.29, 0.717) is 12.3 Å². The maximum absolute atomic E-state index is 13.0. The lowest BCUT2D eigenvalue weighted by atomic mass is 9.88. The monoisotopic (exact) mass is 232 g/mol. The predicted octanol–water partition coefficient (Wildman–Crippen LogP) is 3.68. The van der Waals surface area contributed by atoms with Crippen LogP contribution in [0.4, 0.5) is 4.39 Å². The Labute approximate surface area is 101 Å². The van der Waals surface area contributed by atoms with Gasteiger partial charge in [0, 0.05) is 6.42 Å². The normalized spacial score (nSPS) is 19.9. The summed E-state index contributed by atoms with van der Waals surface area (Å²) in [6.45, 7) is 2.20. The van der Waals surface area contributed by atoms with Gasteiger partial charge in [-0.1, -0.05) is 25.1 Å². The highest BCUT2D eigenvalue weighted by Gasteiger charge is 2.16. The number of allylic oxidation sites excluding steroid dienone is 2. The topological polar surface area (TPSA) is 17.1 Å². The molecule has 1 nitrogen and oxygen atoms in total. The SMILES string of the molecule is CC1CC=C(C(=O)Cc2cccc(F)c2)CC1. The molecule has 0 N–H and O–H groups in total. The second kappa shape index (κ2) is 5.26. The zero-order valence-corrected chi connectivity index (χ0v) is 10.1. The van der Waals surface area contributed by atoms with Crippen molar-refractivity contribution in [2.24, 2.45) is 5.92 Å². The summed E-state index contributed by atoms with van der Waals surface area (Å²) in [7, 11) is 0. The fourth-order valence-corrected chi connectivity index (χ4v) is 2.16. The summed E-state index contributed by atoms with van der Waals surface area (Å²) in [5.74, 6) is 0.546. The van der Waals surface area contributed by atoms with Crippen LogP contribution in [0.2, 0.25) is 0 Å². The van der Waals surface area contributed by atoms with Crippen molar-refractivity contribution in [3.63, 3.8) is 0 Å². The highest BCUT2D eigenvalue weighted by atomic mass is 19.1. The Bertz CT molecular complexity index is 448. The second-order valence-electron chi connectivity index (χ2n) is 4.84. The van der Waals surface area contributed by atoms with E-state index < -0.39 is 0 Å². The molecule has 0 radical (unpaired) electrons. The molecule has 17 heavy (non-hydrogen) atoms. The number of rotatable bonds is 3. The van der Waals surface area contributed by atoms with Crippen molar-refractivity contribution in [2.45, 2.75) is 32.6 Å². The summed E-state index contributed by atoms with van der Waals surface area (Å²) < 4.78 is 13.0. The van der Waals surface area contributed by atoms with Gasteiger partial charge >= 0.3 is 0 Å². The van der Waals surface area contributed by atoms with E-state index in [4.69, 9.17) is 0 Å². The number of hydrogen-bond donors (Lipinski definition) is 0. The highest BCUT2D eigenvalue weighted by Crippen LogP contribution is 2.24. The molecule has 0 amide bonds. The summed E-state index contributed by atoms with van der Waals surface area (Å²) in [6.07, 6.45) is 5.31. The van der Waals surface area contributed by atoms with Crippen molar-refractivity contribution in [1.82, 2.24) is 0 Å². The average Bonchev–Trinajstić information content (AvgIpc) is 2.29. The predicted molar refractivity (Wildman–Crippen MR) is 66.2 cm³/mol. The molecule has 0 bridgehead atoms. The third-order valence-corrected chi connectivity index (χ3v) is 3.28. The number of hydrogen-bond acceptors (Lipinski definition) is 1. The molecule has 1 aromatic carbocycles. The van der Waals surface area contributed by atoms with Crippen molar-refractivity contribution in [3.05, 3.63) is 47.3 Å². The third kappa shape index (κ3) is 3.26. The standard InChI is InChI=1S/C15H17FO/c1-11-5-7-13(8-6-11)15(17)10-12-3-2-4-14(16)9-12/h2-4,7,9,11H,5-6,8,10H2,1H3. The van der Waals surface area contributed by atoms with Crippen LogP contribution >= 0.6 is 0 Å². The first-order valence-electron chi connectivity index (χ1n) is 6.12. The Kier molecular flexibility index (Phi) is 3.72. The maximum atomic E-state index is 13.0. The first-order valence-corrected chi connectivity index (χ1v) is 6.12. The number of halogens is 1. The summed E-state index contributed by atoms with van der Waals surface area (Å²) >= 11 is 0. The summed E-state index contributed by atoms with van der Waals surface area (Å²) in [5, 5.41) is 0. The van der Waals surface area contributed by atoms with Gasteiger partial charge in [-0.2, -0.15) is 0 Å². The van der Waals surface area contributed by atoms with Crippen LogP contribution in [0.15, 0.2) is 35.9 Å². The molecule has 1 atom stereocenters. The molecule has 0 saturated heterocycles. The Balaban J connectivity index is 2.02. The molecule has 1 aliphatic rings. The van der Waals surface area contributed by atoms with E-state index in [1.165, 1.54) is 12.1 Å². The van der Waals surface area contributed by atoms with Crippen LogP contribution in [0, 0.1) is 11.7 Å². The van der Waals surface area contributed by atoms with E-state index in [0.717, 1.165) is 30.4 Å². The van der Waals surface area contributed by atoms with Gasteiger partial charge in [-0.3, -0.25) is 4.79 Å². The zero-order chi connectivity index (χ0) is 12.3. The van der Waals surface area contributed by atoms with Gasteiger partial charge in [0.25, 0.3) is 0 Å². The number of carbonyl (C=O) groups is 1. The molecule has 0 saturated carbocycles. The van der Waals surface area contributed by atoms with Crippen LogP contribution in [0.1, 0.15) is 31.7 Å². The lowest BCUT2D eigenvalue weighted by Gasteiger charge is -2.17. The van der Waals surface area contributed by atoms with Crippen LogP contribution in [-0.2, 0) is 11.2 Å². The fourth-order valence-electron chi connectivity index (χ4n) is 2.16. The molecular formula is C15H17FO. The zero-order valence-electron chi connectivity index (χ0n) is 10.1. The largest absolute Gasteiger partial charge is 0.294 e. The Morgan fingerprint density at radius 1 is 1.47 bits per heavy atom. The van der Waals surface area contributed by atoms with E-state index in [9.17, 15) is 9.18 Å². The van der Waals surface area contributed by atoms with Crippen LogP contribution < -0.4 is 0 Å². The number of benzene rings is 1. The molecule has 0 fully saturated rings. The minimum Gasteiger partial charge on any atom is -0.294 e. The van der Waals surface area contributed by atoms with Gasteiger partial charge in [-0.25, -0.2) is 4.39 Å². The van der Waals surface area contributed by atoms with Gasteiger partial charge < -0.3 is 0 Å². The van der Waals surface area contributed by atoms with Crippen molar-refractivity contribution in [1.29, 1.82) is 0 Å². The first kappa shape index (κ1) is 12.0. The molecule has 0 heterocycles. The van der Waals surface area contributed by atoms with E-state index in [2.05, 4.69) is 13.0 Å². The van der Waals surface area contributed by atoms with E-state index in [-0.39, 0.29) is 11.6 Å². The van der Waals surface area contributed by atoms with Crippen molar-refractivity contribution in [3.8, 4) is 0 Å². The van der Waals surface area contributed by atoms with Crippen molar-refractivity contribution < 1.29 is 9.18 Å². The number of ketones is 1. The molecule has 1 unspecified atom stereocenters. The molecule has 2 heteroatoms. The molecular weight excluding hydrogens is 215 g/mol. The van der Waals surface area contributed by atoms with Gasteiger partial charge in [0.2, 0.25) is 0 Å². The minimum atomic E-state index is -0.276. The molecule has 1 aromatic rings.